The molecule has 1 aromatic heterocycles. The van der Waals surface area contributed by atoms with Crippen LogP contribution in [0.4, 0.5) is 5.69 Å². The molecule has 0 aliphatic carbocycles. The van der Waals surface area contributed by atoms with Crippen LogP contribution in [-0.2, 0) is 11.5 Å². The van der Waals surface area contributed by atoms with Gasteiger partial charge in [0, 0.05) is 29.7 Å². The summed E-state index contributed by atoms with van der Waals surface area (Å²) in [6.45, 7) is 2.32. The second-order valence-corrected chi connectivity index (χ2v) is 5.12. The first-order chi connectivity index (χ1) is 11.6. The van der Waals surface area contributed by atoms with Crippen LogP contribution < -0.4 is 5.69 Å². The fraction of sp³-hybridized carbons (Fsp3) is 0.176. The number of ether oxygens (including phenoxy) is 1. The Morgan fingerprint density at radius 2 is 1.96 bits per heavy atom. The van der Waals surface area contributed by atoms with E-state index in [4.69, 9.17) is 4.74 Å². The van der Waals surface area contributed by atoms with Crippen molar-refractivity contribution in [2.75, 3.05) is 6.61 Å². The van der Waals surface area contributed by atoms with Gasteiger partial charge in [0.05, 0.1) is 16.1 Å². The van der Waals surface area contributed by atoms with Gasteiger partial charge in [-0.3, -0.25) is 14.7 Å². The molecule has 0 fully saturated rings. The number of benzene rings is 2. The summed E-state index contributed by atoms with van der Waals surface area (Å²) < 4.78 is 6.69. The van der Waals surface area contributed by atoms with Crippen molar-refractivity contribution >= 4 is 16.6 Å². The lowest BCUT2D eigenvalue weighted by Crippen LogP contribution is -2.25. The molecular formula is C17H15N3O4. The summed E-state index contributed by atoms with van der Waals surface area (Å²) in [6.07, 6.45) is 0. The van der Waals surface area contributed by atoms with E-state index in [9.17, 15) is 14.9 Å². The SMILES string of the molecule is CCOCn1c(=O)nc(-c2ccccc2)c2cc([N+](=O)[O-])ccc21. The highest BCUT2D eigenvalue weighted by Crippen LogP contribution is 2.28. The van der Waals surface area contributed by atoms with Gasteiger partial charge >= 0.3 is 5.69 Å². The number of fused-ring (bicyclic) bond motifs is 1. The van der Waals surface area contributed by atoms with E-state index in [0.29, 0.717) is 23.2 Å². The fourth-order valence-electron chi connectivity index (χ4n) is 2.51. The lowest BCUT2D eigenvalue weighted by atomic mass is 10.1. The number of nitro benzene ring substituents is 1. The quantitative estimate of drug-likeness (QED) is 0.531. The van der Waals surface area contributed by atoms with Crippen LogP contribution in [-0.4, -0.2) is 21.1 Å². The Morgan fingerprint density at radius 3 is 2.62 bits per heavy atom. The first-order valence-electron chi connectivity index (χ1n) is 7.44. The summed E-state index contributed by atoms with van der Waals surface area (Å²) in [6, 6.07) is 13.5. The number of non-ortho nitro benzene ring substituents is 1. The smallest absolute Gasteiger partial charge is 0.350 e. The fourth-order valence-corrected chi connectivity index (χ4v) is 2.51. The van der Waals surface area contributed by atoms with Crippen LogP contribution >= 0.6 is 0 Å². The number of nitro groups is 1. The van der Waals surface area contributed by atoms with Crippen LogP contribution in [0.1, 0.15) is 6.92 Å². The van der Waals surface area contributed by atoms with Gasteiger partial charge in [-0.15, -0.1) is 0 Å². The van der Waals surface area contributed by atoms with E-state index >= 15 is 0 Å². The number of hydrogen-bond acceptors (Lipinski definition) is 5. The van der Waals surface area contributed by atoms with E-state index in [1.165, 1.54) is 16.7 Å². The van der Waals surface area contributed by atoms with E-state index in [2.05, 4.69) is 4.98 Å². The lowest BCUT2D eigenvalue weighted by Gasteiger charge is -2.12. The zero-order valence-corrected chi connectivity index (χ0v) is 13.0. The highest BCUT2D eigenvalue weighted by molar-refractivity contribution is 5.93. The molecule has 0 radical (unpaired) electrons. The van der Waals surface area contributed by atoms with E-state index in [1.54, 1.807) is 6.07 Å². The third kappa shape index (κ3) is 2.89. The standard InChI is InChI=1S/C17H15N3O4/c1-2-24-11-19-15-9-8-13(20(22)23)10-14(15)16(18-17(19)21)12-6-4-3-5-7-12/h3-10H,2,11H2,1H3. The molecule has 3 aromatic rings. The summed E-state index contributed by atoms with van der Waals surface area (Å²) in [5, 5.41) is 11.6. The average molecular weight is 325 g/mol. The van der Waals surface area contributed by atoms with Crippen molar-refractivity contribution in [3.8, 4) is 11.3 Å². The minimum absolute atomic E-state index is 0.0473. The Kier molecular flexibility index (Phi) is 4.35. The maximum absolute atomic E-state index is 12.4. The molecule has 0 unspecified atom stereocenters. The zero-order valence-electron chi connectivity index (χ0n) is 13.0. The van der Waals surface area contributed by atoms with Gasteiger partial charge in [-0.2, -0.15) is 4.98 Å². The summed E-state index contributed by atoms with van der Waals surface area (Å²) in [7, 11) is 0. The summed E-state index contributed by atoms with van der Waals surface area (Å²) >= 11 is 0. The second kappa shape index (κ2) is 6.59. The molecule has 0 aliphatic heterocycles. The highest BCUT2D eigenvalue weighted by Gasteiger charge is 2.16. The molecule has 0 spiro atoms. The Balaban J connectivity index is 2.33. The first kappa shape index (κ1) is 15.8. The van der Waals surface area contributed by atoms with Crippen molar-refractivity contribution in [2.24, 2.45) is 0 Å². The molecule has 0 amide bonds. The number of rotatable bonds is 5. The summed E-state index contributed by atoms with van der Waals surface area (Å²) in [5.74, 6) is 0. The Morgan fingerprint density at radius 1 is 1.21 bits per heavy atom. The largest absolute Gasteiger partial charge is 0.361 e. The van der Waals surface area contributed by atoms with E-state index in [0.717, 1.165) is 5.56 Å². The maximum atomic E-state index is 12.4. The third-order valence-electron chi connectivity index (χ3n) is 3.65. The minimum atomic E-state index is -0.466. The Labute approximate surface area is 137 Å². The molecule has 0 bridgehead atoms. The van der Waals surface area contributed by atoms with Crippen molar-refractivity contribution in [2.45, 2.75) is 13.7 Å². The molecule has 0 saturated heterocycles. The van der Waals surface area contributed by atoms with Crippen LogP contribution in [0, 0.1) is 10.1 Å². The number of aromatic nitrogens is 2. The molecule has 0 saturated carbocycles. The molecule has 122 valence electrons. The second-order valence-electron chi connectivity index (χ2n) is 5.12. The topological polar surface area (TPSA) is 87.3 Å². The predicted molar refractivity (Wildman–Crippen MR) is 89.7 cm³/mol. The van der Waals surface area contributed by atoms with Crippen LogP contribution in [0.25, 0.3) is 22.2 Å². The Bertz CT molecular complexity index is 951. The molecule has 7 nitrogen and oxygen atoms in total. The summed E-state index contributed by atoms with van der Waals surface area (Å²) in [5.41, 5.74) is 1.19. The van der Waals surface area contributed by atoms with Gasteiger partial charge in [-0.1, -0.05) is 30.3 Å². The van der Waals surface area contributed by atoms with Gasteiger partial charge < -0.3 is 4.74 Å². The van der Waals surface area contributed by atoms with E-state index < -0.39 is 10.6 Å². The molecule has 0 aliphatic rings. The molecule has 1 heterocycles. The van der Waals surface area contributed by atoms with Crippen molar-refractivity contribution in [3.63, 3.8) is 0 Å². The first-order valence-corrected chi connectivity index (χ1v) is 7.44. The predicted octanol–water partition coefficient (Wildman–Crippen LogP) is 2.97. The molecule has 0 N–H and O–H groups in total. The number of hydrogen-bond donors (Lipinski definition) is 0. The van der Waals surface area contributed by atoms with Gasteiger partial charge in [0.15, 0.2) is 0 Å². The van der Waals surface area contributed by atoms with Crippen LogP contribution in [0.3, 0.4) is 0 Å². The minimum Gasteiger partial charge on any atom is -0.361 e. The monoisotopic (exact) mass is 325 g/mol. The lowest BCUT2D eigenvalue weighted by molar-refractivity contribution is -0.384. The van der Waals surface area contributed by atoms with Gasteiger partial charge in [0.25, 0.3) is 5.69 Å². The van der Waals surface area contributed by atoms with Crippen molar-refractivity contribution in [1.29, 1.82) is 0 Å². The van der Waals surface area contributed by atoms with Crippen molar-refractivity contribution < 1.29 is 9.66 Å². The molecule has 7 heteroatoms. The van der Waals surface area contributed by atoms with Gasteiger partial charge in [0.1, 0.15) is 6.73 Å². The molecular weight excluding hydrogens is 310 g/mol. The van der Waals surface area contributed by atoms with Crippen LogP contribution in [0.15, 0.2) is 53.3 Å². The van der Waals surface area contributed by atoms with Gasteiger partial charge in [-0.05, 0) is 13.0 Å². The van der Waals surface area contributed by atoms with Crippen LogP contribution in [0.2, 0.25) is 0 Å². The van der Waals surface area contributed by atoms with Gasteiger partial charge in [-0.25, -0.2) is 4.79 Å². The molecule has 3 rings (SSSR count). The third-order valence-corrected chi connectivity index (χ3v) is 3.65. The van der Waals surface area contributed by atoms with Crippen LogP contribution in [0.5, 0.6) is 0 Å². The molecule has 24 heavy (non-hydrogen) atoms. The highest BCUT2D eigenvalue weighted by atomic mass is 16.6. The van der Waals surface area contributed by atoms with E-state index in [-0.39, 0.29) is 12.4 Å². The van der Waals surface area contributed by atoms with Crippen molar-refractivity contribution in [1.82, 2.24) is 9.55 Å². The molecule has 0 atom stereocenters. The average Bonchev–Trinajstić information content (AvgIpc) is 2.60. The summed E-state index contributed by atoms with van der Waals surface area (Å²) in [4.78, 5) is 27.2. The maximum Gasteiger partial charge on any atom is 0.350 e. The Hall–Kier alpha value is -3.06. The number of nitrogens with zero attached hydrogens (tertiary/aromatic N) is 3. The molecule has 2 aromatic carbocycles. The zero-order chi connectivity index (χ0) is 17.1. The van der Waals surface area contributed by atoms with Gasteiger partial charge in [0.2, 0.25) is 0 Å². The van der Waals surface area contributed by atoms with E-state index in [1.807, 2.05) is 37.3 Å². The van der Waals surface area contributed by atoms with Crippen molar-refractivity contribution in [3.05, 3.63) is 69.1 Å². The normalized spacial score (nSPS) is 10.9.